The maximum Gasteiger partial charge on any atom is 0.291 e. The number of ether oxygens (including phenoxy) is 1. The van der Waals surface area contributed by atoms with Gasteiger partial charge in [0, 0.05) is 19.6 Å². The predicted molar refractivity (Wildman–Crippen MR) is 76.1 cm³/mol. The Bertz CT molecular complexity index is 595. The molecule has 2 heterocycles. The highest BCUT2D eigenvalue weighted by molar-refractivity contribution is 5.91. The van der Waals surface area contributed by atoms with Gasteiger partial charge in [0.15, 0.2) is 6.39 Å². The molecule has 1 N–H and O–H groups in total. The lowest BCUT2D eigenvalue weighted by atomic mass is 10.0. The lowest BCUT2D eigenvalue weighted by Gasteiger charge is -2.36. The Morgan fingerprint density at radius 3 is 2.90 bits per heavy atom. The third-order valence-electron chi connectivity index (χ3n) is 3.65. The number of nitrogens with zero attached hydrogens (tertiary/aromatic N) is 2. The number of methoxy groups -OCH3 is 1. The highest BCUT2D eigenvalue weighted by Gasteiger charge is 2.30. The minimum absolute atomic E-state index is 0.0257. The summed E-state index contributed by atoms with van der Waals surface area (Å²) >= 11 is 0. The summed E-state index contributed by atoms with van der Waals surface area (Å²) < 4.78 is 10.3. The Hall–Kier alpha value is -2.34. The number of nitrogens with one attached hydrogen (secondary N) is 1. The van der Waals surface area contributed by atoms with E-state index >= 15 is 0 Å². The molecule has 1 aliphatic heterocycles. The third kappa shape index (κ3) is 2.75. The molecule has 1 saturated heterocycles. The van der Waals surface area contributed by atoms with Gasteiger partial charge in [0.25, 0.3) is 5.91 Å². The van der Waals surface area contributed by atoms with Crippen molar-refractivity contribution >= 4 is 5.91 Å². The van der Waals surface area contributed by atoms with Crippen LogP contribution in [-0.4, -0.2) is 42.5 Å². The number of carbonyl (C=O) groups excluding carboxylic acids is 1. The number of hydrogen-bond donors (Lipinski definition) is 1. The largest absolute Gasteiger partial charge is 0.497 e. The van der Waals surface area contributed by atoms with Gasteiger partial charge in [0.1, 0.15) is 5.75 Å². The van der Waals surface area contributed by atoms with Crippen LogP contribution in [0.1, 0.15) is 22.2 Å². The van der Waals surface area contributed by atoms with E-state index in [1.54, 1.807) is 7.11 Å². The fourth-order valence-electron chi connectivity index (χ4n) is 2.53. The first kappa shape index (κ1) is 13.6. The maximum atomic E-state index is 12.5. The summed E-state index contributed by atoms with van der Waals surface area (Å²) in [4.78, 5) is 18.1. The molecule has 110 valence electrons. The molecule has 0 aliphatic carbocycles. The van der Waals surface area contributed by atoms with Crippen molar-refractivity contribution in [2.75, 3.05) is 26.7 Å². The summed E-state index contributed by atoms with van der Waals surface area (Å²) in [5, 5.41) is 3.32. The van der Waals surface area contributed by atoms with E-state index in [0.29, 0.717) is 13.1 Å². The van der Waals surface area contributed by atoms with Gasteiger partial charge >= 0.3 is 0 Å². The van der Waals surface area contributed by atoms with Gasteiger partial charge in [-0.1, -0.05) is 12.1 Å². The molecule has 1 aromatic carbocycles. The lowest BCUT2D eigenvalue weighted by molar-refractivity contribution is 0.0601. The normalized spacial score (nSPS) is 18.5. The van der Waals surface area contributed by atoms with E-state index < -0.39 is 0 Å². The van der Waals surface area contributed by atoms with Crippen LogP contribution in [0.4, 0.5) is 0 Å². The van der Waals surface area contributed by atoms with E-state index in [1.165, 1.54) is 12.6 Å². The number of benzene rings is 1. The van der Waals surface area contributed by atoms with Crippen molar-refractivity contribution in [2.24, 2.45) is 0 Å². The molecule has 1 atom stereocenters. The summed E-state index contributed by atoms with van der Waals surface area (Å²) in [7, 11) is 1.64. The molecule has 2 aromatic rings. The van der Waals surface area contributed by atoms with Crippen LogP contribution in [0.15, 0.2) is 41.3 Å². The number of hydrogen-bond acceptors (Lipinski definition) is 5. The van der Waals surface area contributed by atoms with Crippen LogP contribution in [0.5, 0.6) is 5.75 Å². The summed E-state index contributed by atoms with van der Waals surface area (Å²) in [6, 6.07) is 7.75. The van der Waals surface area contributed by atoms with Crippen molar-refractivity contribution in [1.29, 1.82) is 0 Å². The Morgan fingerprint density at radius 2 is 2.24 bits per heavy atom. The van der Waals surface area contributed by atoms with E-state index in [2.05, 4.69) is 10.3 Å². The number of aromatic nitrogens is 1. The number of carbonyl (C=O) groups is 1. The molecule has 0 radical (unpaired) electrons. The summed E-state index contributed by atoms with van der Waals surface area (Å²) in [6.45, 7) is 2.12. The molecule has 3 rings (SSSR count). The van der Waals surface area contributed by atoms with Crippen molar-refractivity contribution < 1.29 is 13.9 Å². The average Bonchev–Trinajstić information content (AvgIpc) is 3.09. The van der Waals surface area contributed by atoms with Crippen LogP contribution in [0.25, 0.3) is 0 Å². The minimum Gasteiger partial charge on any atom is -0.497 e. The van der Waals surface area contributed by atoms with Gasteiger partial charge in [-0.3, -0.25) is 4.79 Å². The molecule has 1 amide bonds. The van der Waals surface area contributed by atoms with Gasteiger partial charge in [-0.05, 0) is 17.7 Å². The van der Waals surface area contributed by atoms with Crippen molar-refractivity contribution in [3.8, 4) is 5.75 Å². The van der Waals surface area contributed by atoms with Gasteiger partial charge in [-0.25, -0.2) is 4.98 Å². The monoisotopic (exact) mass is 287 g/mol. The molecule has 1 fully saturated rings. The van der Waals surface area contributed by atoms with Crippen LogP contribution < -0.4 is 10.1 Å². The molecular formula is C15H17N3O3. The molecule has 6 heteroatoms. The lowest BCUT2D eigenvalue weighted by Crippen LogP contribution is -2.48. The van der Waals surface area contributed by atoms with E-state index in [0.717, 1.165) is 17.9 Å². The van der Waals surface area contributed by atoms with Crippen molar-refractivity contribution in [3.63, 3.8) is 0 Å². The van der Waals surface area contributed by atoms with Crippen LogP contribution in [-0.2, 0) is 0 Å². The van der Waals surface area contributed by atoms with Crippen molar-refractivity contribution in [3.05, 3.63) is 48.2 Å². The smallest absolute Gasteiger partial charge is 0.291 e. The third-order valence-corrected chi connectivity index (χ3v) is 3.65. The fourth-order valence-corrected chi connectivity index (χ4v) is 2.53. The second kappa shape index (κ2) is 5.97. The van der Waals surface area contributed by atoms with E-state index in [4.69, 9.17) is 9.15 Å². The molecule has 21 heavy (non-hydrogen) atoms. The average molecular weight is 287 g/mol. The molecule has 1 aliphatic rings. The Morgan fingerprint density at radius 1 is 1.43 bits per heavy atom. The van der Waals surface area contributed by atoms with E-state index in [-0.39, 0.29) is 17.7 Å². The SMILES string of the molecule is COc1ccc(C2CNCCN2C(=O)c2cnco2)cc1. The molecule has 0 spiro atoms. The number of oxazole rings is 1. The number of amides is 1. The molecular weight excluding hydrogens is 270 g/mol. The zero-order valence-corrected chi connectivity index (χ0v) is 11.8. The van der Waals surface area contributed by atoms with Gasteiger partial charge in [-0.15, -0.1) is 0 Å². The zero-order valence-electron chi connectivity index (χ0n) is 11.8. The molecule has 1 aromatic heterocycles. The first-order valence-electron chi connectivity index (χ1n) is 6.83. The molecule has 0 saturated carbocycles. The molecule has 0 bridgehead atoms. The number of piperazine rings is 1. The fraction of sp³-hybridized carbons (Fsp3) is 0.333. The standard InChI is InChI=1S/C15H17N3O3/c1-20-12-4-2-11(3-5-12)13-8-16-6-7-18(13)15(19)14-9-17-10-21-14/h2-5,9-10,13,16H,6-8H2,1H3. The van der Waals surface area contributed by atoms with Gasteiger partial charge in [0.05, 0.1) is 19.3 Å². The predicted octanol–water partition coefficient (Wildman–Crippen LogP) is 1.47. The summed E-state index contributed by atoms with van der Waals surface area (Å²) in [6.07, 6.45) is 2.73. The summed E-state index contributed by atoms with van der Waals surface area (Å²) in [5.74, 6) is 0.945. The quantitative estimate of drug-likeness (QED) is 0.926. The van der Waals surface area contributed by atoms with Crippen molar-refractivity contribution in [1.82, 2.24) is 15.2 Å². The topological polar surface area (TPSA) is 67.6 Å². The highest BCUT2D eigenvalue weighted by Crippen LogP contribution is 2.25. The highest BCUT2D eigenvalue weighted by atomic mass is 16.5. The Labute approximate surface area is 122 Å². The maximum absolute atomic E-state index is 12.5. The van der Waals surface area contributed by atoms with Crippen LogP contribution in [0, 0.1) is 0 Å². The van der Waals surface area contributed by atoms with E-state index in [9.17, 15) is 4.79 Å². The van der Waals surface area contributed by atoms with Crippen molar-refractivity contribution in [2.45, 2.75) is 6.04 Å². The molecule has 6 nitrogen and oxygen atoms in total. The van der Waals surface area contributed by atoms with Gasteiger partial charge in [0.2, 0.25) is 5.76 Å². The Kier molecular flexibility index (Phi) is 3.87. The second-order valence-corrected chi connectivity index (χ2v) is 4.86. The van der Waals surface area contributed by atoms with Gasteiger partial charge in [-0.2, -0.15) is 0 Å². The van der Waals surface area contributed by atoms with Gasteiger partial charge < -0.3 is 19.4 Å². The van der Waals surface area contributed by atoms with Crippen LogP contribution >= 0.6 is 0 Å². The second-order valence-electron chi connectivity index (χ2n) is 4.86. The summed E-state index contributed by atoms with van der Waals surface area (Å²) in [5.41, 5.74) is 1.07. The first-order valence-corrected chi connectivity index (χ1v) is 6.83. The number of rotatable bonds is 3. The van der Waals surface area contributed by atoms with E-state index in [1.807, 2.05) is 29.2 Å². The molecule has 1 unspecified atom stereocenters. The Balaban J connectivity index is 1.85. The minimum atomic E-state index is -0.130. The van der Waals surface area contributed by atoms with Crippen LogP contribution in [0.2, 0.25) is 0 Å². The first-order chi connectivity index (χ1) is 10.3. The zero-order chi connectivity index (χ0) is 14.7. The van der Waals surface area contributed by atoms with Crippen LogP contribution in [0.3, 0.4) is 0 Å².